The molecule has 0 heterocycles. The van der Waals surface area contributed by atoms with Crippen molar-refractivity contribution in [2.45, 2.75) is 33.4 Å². The Balaban J connectivity index is 1.89. The average Bonchev–Trinajstić information content (AvgIpc) is 2.88. The van der Waals surface area contributed by atoms with Crippen LogP contribution in [0, 0.1) is 0 Å². The van der Waals surface area contributed by atoms with Crippen LogP contribution in [0.15, 0.2) is 66.7 Å². The molecular formula is C28H32N2O5. The van der Waals surface area contributed by atoms with Crippen LogP contribution < -0.4 is 10.5 Å². The van der Waals surface area contributed by atoms with Crippen molar-refractivity contribution in [3.63, 3.8) is 0 Å². The minimum Gasteiger partial charge on any atom is -0.496 e. The maximum atomic E-state index is 12.8. The number of nitrogens with two attached hydrogens (primary N) is 1. The summed E-state index contributed by atoms with van der Waals surface area (Å²) in [4.78, 5) is 26.6. The van der Waals surface area contributed by atoms with Gasteiger partial charge in [0.2, 0.25) is 0 Å². The monoisotopic (exact) mass is 476 g/mol. The molecule has 0 aliphatic rings. The quantitative estimate of drug-likeness (QED) is 0.319. The van der Waals surface area contributed by atoms with E-state index in [9.17, 15) is 9.59 Å². The number of nitrogen functional groups attached to an aromatic ring is 1. The highest BCUT2D eigenvalue weighted by molar-refractivity contribution is 5.88. The topological polar surface area (TPSA) is 91.1 Å². The van der Waals surface area contributed by atoms with Gasteiger partial charge in [0.25, 0.3) is 0 Å². The number of hydrogen-bond donors (Lipinski definition) is 1. The zero-order valence-corrected chi connectivity index (χ0v) is 20.5. The van der Waals surface area contributed by atoms with Crippen molar-refractivity contribution in [2.24, 2.45) is 0 Å². The molecule has 0 bridgehead atoms. The molecule has 0 aliphatic heterocycles. The molecule has 2 N–H and O–H groups in total. The second kappa shape index (κ2) is 12.5. The first-order chi connectivity index (χ1) is 17.0. The largest absolute Gasteiger partial charge is 0.496 e. The SMILES string of the molecule is CCOC(=O)Cc1ccc(OC)c(-c2ccccc2CN(CC)C(=O)OCc2ccccc2)c1N. The van der Waals surface area contributed by atoms with E-state index < -0.39 is 6.09 Å². The summed E-state index contributed by atoms with van der Waals surface area (Å²) in [6.45, 7) is 4.97. The number of hydrogen-bond acceptors (Lipinski definition) is 6. The molecule has 0 saturated carbocycles. The molecule has 184 valence electrons. The summed E-state index contributed by atoms with van der Waals surface area (Å²) >= 11 is 0. The molecule has 0 unspecified atom stereocenters. The number of carbonyl (C=O) groups excluding carboxylic acids is 2. The van der Waals surface area contributed by atoms with Gasteiger partial charge in [0.15, 0.2) is 0 Å². The third-order valence-corrected chi connectivity index (χ3v) is 5.65. The molecule has 1 amide bonds. The Morgan fingerprint density at radius 2 is 1.60 bits per heavy atom. The van der Waals surface area contributed by atoms with Crippen molar-refractivity contribution in [1.29, 1.82) is 0 Å². The molecule has 3 rings (SSSR count). The third kappa shape index (κ3) is 6.53. The third-order valence-electron chi connectivity index (χ3n) is 5.65. The van der Waals surface area contributed by atoms with E-state index in [2.05, 4.69) is 0 Å². The molecule has 0 aromatic heterocycles. The lowest BCUT2D eigenvalue weighted by atomic mass is 9.94. The van der Waals surface area contributed by atoms with Crippen LogP contribution in [0.4, 0.5) is 10.5 Å². The Hall–Kier alpha value is -4.00. The Morgan fingerprint density at radius 1 is 0.886 bits per heavy atom. The zero-order valence-electron chi connectivity index (χ0n) is 20.5. The fraction of sp³-hybridized carbons (Fsp3) is 0.286. The maximum absolute atomic E-state index is 12.8. The number of ether oxygens (including phenoxy) is 3. The van der Waals surface area contributed by atoms with Gasteiger partial charge in [-0.05, 0) is 42.2 Å². The molecule has 3 aromatic rings. The standard InChI is InChI=1S/C28H32N2O5/c1-4-30(28(32)35-19-20-11-7-6-8-12-20)18-22-13-9-10-14-23(22)26-24(33-3)16-15-21(27(26)29)17-25(31)34-5-2/h6-16H,4-5,17-19,29H2,1-3H3. The second-order valence-electron chi connectivity index (χ2n) is 7.91. The van der Waals surface area contributed by atoms with Gasteiger partial charge in [-0.1, -0.05) is 60.7 Å². The van der Waals surface area contributed by atoms with Gasteiger partial charge in [-0.15, -0.1) is 0 Å². The fourth-order valence-electron chi connectivity index (χ4n) is 3.84. The van der Waals surface area contributed by atoms with Gasteiger partial charge >= 0.3 is 12.1 Å². The Bertz CT molecular complexity index is 1150. The Morgan fingerprint density at radius 3 is 2.29 bits per heavy atom. The van der Waals surface area contributed by atoms with Crippen molar-refractivity contribution < 1.29 is 23.8 Å². The normalized spacial score (nSPS) is 10.5. The second-order valence-corrected chi connectivity index (χ2v) is 7.91. The van der Waals surface area contributed by atoms with E-state index in [0.29, 0.717) is 42.3 Å². The van der Waals surface area contributed by atoms with Crippen LogP contribution in [-0.2, 0) is 33.8 Å². The molecule has 0 aliphatic carbocycles. The average molecular weight is 477 g/mol. The van der Waals surface area contributed by atoms with Crippen LogP contribution >= 0.6 is 0 Å². The van der Waals surface area contributed by atoms with Crippen LogP contribution in [-0.4, -0.2) is 37.2 Å². The molecule has 7 nitrogen and oxygen atoms in total. The van der Waals surface area contributed by atoms with E-state index in [0.717, 1.165) is 16.7 Å². The Labute approximate surface area is 206 Å². The van der Waals surface area contributed by atoms with Crippen molar-refractivity contribution >= 4 is 17.7 Å². The lowest BCUT2D eigenvalue weighted by molar-refractivity contribution is -0.142. The van der Waals surface area contributed by atoms with Gasteiger partial charge in [0.1, 0.15) is 12.4 Å². The van der Waals surface area contributed by atoms with Crippen molar-refractivity contribution in [3.05, 3.63) is 83.4 Å². The van der Waals surface area contributed by atoms with Crippen LogP contribution in [0.25, 0.3) is 11.1 Å². The van der Waals surface area contributed by atoms with E-state index >= 15 is 0 Å². The number of anilines is 1. The van der Waals surface area contributed by atoms with Gasteiger partial charge in [0, 0.05) is 24.3 Å². The molecule has 7 heteroatoms. The minimum atomic E-state index is -0.401. The van der Waals surface area contributed by atoms with E-state index in [1.54, 1.807) is 31.1 Å². The first-order valence-corrected chi connectivity index (χ1v) is 11.6. The van der Waals surface area contributed by atoms with E-state index in [1.165, 1.54) is 0 Å². The summed E-state index contributed by atoms with van der Waals surface area (Å²) < 4.78 is 16.2. The Kier molecular flexibility index (Phi) is 9.12. The molecule has 0 radical (unpaired) electrons. The first kappa shape index (κ1) is 25.6. The van der Waals surface area contributed by atoms with Crippen molar-refractivity contribution in [2.75, 3.05) is 26.0 Å². The van der Waals surface area contributed by atoms with E-state index in [1.807, 2.05) is 61.5 Å². The van der Waals surface area contributed by atoms with Crippen LogP contribution in [0.2, 0.25) is 0 Å². The number of amides is 1. The first-order valence-electron chi connectivity index (χ1n) is 11.6. The van der Waals surface area contributed by atoms with Gasteiger partial charge in [-0.2, -0.15) is 0 Å². The molecule has 0 fully saturated rings. The number of benzene rings is 3. The summed E-state index contributed by atoms with van der Waals surface area (Å²) in [6, 6.07) is 20.8. The number of nitrogens with zero attached hydrogens (tertiary/aromatic N) is 1. The molecule has 0 saturated heterocycles. The number of esters is 1. The predicted molar refractivity (Wildman–Crippen MR) is 136 cm³/mol. The molecule has 0 atom stereocenters. The summed E-state index contributed by atoms with van der Waals surface area (Å²) in [6.07, 6.45) is -0.340. The predicted octanol–water partition coefficient (Wildman–Crippen LogP) is 5.21. The minimum absolute atomic E-state index is 0.0612. The molecule has 0 spiro atoms. The van der Waals surface area contributed by atoms with Crippen LogP contribution in [0.1, 0.15) is 30.5 Å². The fourth-order valence-corrected chi connectivity index (χ4v) is 3.84. The number of methoxy groups -OCH3 is 1. The van der Waals surface area contributed by atoms with Crippen LogP contribution in [0.3, 0.4) is 0 Å². The summed E-state index contributed by atoms with van der Waals surface area (Å²) in [5, 5.41) is 0. The van der Waals surface area contributed by atoms with E-state index in [-0.39, 0.29) is 19.0 Å². The molecule has 3 aromatic carbocycles. The molecule has 35 heavy (non-hydrogen) atoms. The van der Waals surface area contributed by atoms with Crippen molar-refractivity contribution in [1.82, 2.24) is 4.90 Å². The van der Waals surface area contributed by atoms with Gasteiger partial charge in [0.05, 0.1) is 20.1 Å². The smallest absolute Gasteiger partial charge is 0.410 e. The number of rotatable bonds is 10. The van der Waals surface area contributed by atoms with Crippen molar-refractivity contribution in [3.8, 4) is 16.9 Å². The maximum Gasteiger partial charge on any atom is 0.410 e. The van der Waals surface area contributed by atoms with Gasteiger partial charge in [-0.25, -0.2) is 4.79 Å². The lowest BCUT2D eigenvalue weighted by Gasteiger charge is -2.23. The zero-order chi connectivity index (χ0) is 25.2. The van der Waals surface area contributed by atoms with Gasteiger partial charge < -0.3 is 24.8 Å². The summed E-state index contributed by atoms with van der Waals surface area (Å²) in [5.74, 6) is 0.235. The summed E-state index contributed by atoms with van der Waals surface area (Å²) in [7, 11) is 1.57. The molecular weight excluding hydrogens is 444 g/mol. The van der Waals surface area contributed by atoms with Gasteiger partial charge in [-0.3, -0.25) is 4.79 Å². The summed E-state index contributed by atoms with van der Waals surface area (Å²) in [5.41, 5.74) is 11.0. The highest BCUT2D eigenvalue weighted by Gasteiger charge is 2.21. The highest BCUT2D eigenvalue weighted by Crippen LogP contribution is 2.39. The highest BCUT2D eigenvalue weighted by atomic mass is 16.6. The lowest BCUT2D eigenvalue weighted by Crippen LogP contribution is -2.31. The van der Waals surface area contributed by atoms with Crippen LogP contribution in [0.5, 0.6) is 5.75 Å². The van der Waals surface area contributed by atoms with E-state index in [4.69, 9.17) is 19.9 Å². The number of carbonyl (C=O) groups is 2.